The van der Waals surface area contributed by atoms with Gasteiger partial charge < -0.3 is 10.1 Å². The van der Waals surface area contributed by atoms with Crippen molar-refractivity contribution in [2.75, 3.05) is 11.9 Å². The van der Waals surface area contributed by atoms with Crippen LogP contribution in [0, 0.1) is 0 Å². The molecule has 11 heteroatoms. The van der Waals surface area contributed by atoms with Crippen molar-refractivity contribution >= 4 is 39.8 Å². The minimum absolute atomic E-state index is 0.191. The van der Waals surface area contributed by atoms with E-state index in [1.54, 1.807) is 11.3 Å². The van der Waals surface area contributed by atoms with Crippen LogP contribution in [-0.2, 0) is 24.1 Å². The van der Waals surface area contributed by atoms with Crippen LogP contribution >= 0.6 is 22.7 Å². The first-order valence-electron chi connectivity index (χ1n) is 8.38. The van der Waals surface area contributed by atoms with E-state index in [9.17, 15) is 9.59 Å². The molecule has 2 aliphatic rings. The van der Waals surface area contributed by atoms with E-state index in [1.165, 1.54) is 37.5 Å². The Bertz CT molecular complexity index is 1040. The lowest BCUT2D eigenvalue weighted by atomic mass is 10.0. The number of carbonyl (C=O) groups excluding carboxylic acids is 2. The van der Waals surface area contributed by atoms with Gasteiger partial charge >= 0.3 is 6.09 Å². The summed E-state index contributed by atoms with van der Waals surface area (Å²) in [6.07, 6.45) is 2.73. The van der Waals surface area contributed by atoms with Crippen molar-refractivity contribution < 1.29 is 14.3 Å². The normalized spacial score (nSPS) is 17.8. The molecule has 0 bridgehead atoms. The van der Waals surface area contributed by atoms with Gasteiger partial charge in [-0.2, -0.15) is 0 Å². The zero-order valence-corrected chi connectivity index (χ0v) is 15.6. The monoisotopic (exact) mass is 402 g/mol. The summed E-state index contributed by atoms with van der Waals surface area (Å²) in [6.45, 7) is 0.751. The van der Waals surface area contributed by atoms with E-state index in [2.05, 4.69) is 37.4 Å². The van der Waals surface area contributed by atoms with Crippen molar-refractivity contribution in [1.29, 1.82) is 0 Å². The molecule has 138 valence electrons. The second-order valence-electron chi connectivity index (χ2n) is 6.24. The number of thiophene rings is 1. The molecule has 5 rings (SSSR count). The highest BCUT2D eigenvalue weighted by molar-refractivity contribution is 7.16. The molecular weight excluding hydrogens is 388 g/mol. The Morgan fingerprint density at radius 3 is 3.15 bits per heavy atom. The van der Waals surface area contributed by atoms with E-state index in [1.807, 2.05) is 0 Å². The van der Waals surface area contributed by atoms with Crippen molar-refractivity contribution in [1.82, 2.24) is 25.3 Å². The lowest BCUT2D eigenvalue weighted by Gasteiger charge is -2.08. The smallest absolute Gasteiger partial charge is 0.407 e. The van der Waals surface area contributed by atoms with E-state index in [0.717, 1.165) is 18.5 Å². The van der Waals surface area contributed by atoms with Crippen molar-refractivity contribution in [3.63, 3.8) is 0 Å². The Morgan fingerprint density at radius 2 is 2.30 bits per heavy atom. The van der Waals surface area contributed by atoms with E-state index in [-0.39, 0.29) is 17.7 Å². The van der Waals surface area contributed by atoms with E-state index in [4.69, 9.17) is 4.74 Å². The van der Waals surface area contributed by atoms with Gasteiger partial charge in [-0.05, 0) is 24.3 Å². The summed E-state index contributed by atoms with van der Waals surface area (Å²) in [5.74, 6) is -0.362. The van der Waals surface area contributed by atoms with Gasteiger partial charge in [0.25, 0.3) is 5.91 Å². The minimum atomic E-state index is -0.445. The summed E-state index contributed by atoms with van der Waals surface area (Å²) < 4.78 is 6.54. The van der Waals surface area contributed by atoms with E-state index >= 15 is 0 Å². The number of hydrogen-bond donors (Lipinski definition) is 2. The van der Waals surface area contributed by atoms with Gasteiger partial charge in [0.15, 0.2) is 10.8 Å². The number of alkyl carbamates (subject to hydrolysis) is 1. The molecule has 1 aliphatic carbocycles. The molecule has 3 aromatic heterocycles. The van der Waals surface area contributed by atoms with E-state index in [0.29, 0.717) is 18.2 Å². The third-order valence-corrected chi connectivity index (χ3v) is 6.42. The number of hydrogen-bond acceptors (Lipinski definition) is 8. The number of rotatable bonds is 4. The Morgan fingerprint density at radius 1 is 1.41 bits per heavy atom. The van der Waals surface area contributed by atoms with Gasteiger partial charge in [0.2, 0.25) is 0 Å². The van der Waals surface area contributed by atoms with Gasteiger partial charge in [0.1, 0.15) is 6.10 Å². The Labute approximate surface area is 161 Å². The van der Waals surface area contributed by atoms with Gasteiger partial charge in [-0.3, -0.25) is 10.1 Å². The minimum Gasteiger partial charge on any atom is -0.442 e. The predicted molar refractivity (Wildman–Crippen MR) is 99.1 cm³/mol. The Hall–Kier alpha value is -2.79. The maximum atomic E-state index is 12.5. The highest BCUT2D eigenvalue weighted by Gasteiger charge is 2.25. The molecule has 1 saturated heterocycles. The molecule has 1 aliphatic heterocycles. The zero-order valence-electron chi connectivity index (χ0n) is 14.0. The molecule has 2 amide bonds. The first kappa shape index (κ1) is 16.4. The number of nitrogens with one attached hydrogen (secondary N) is 2. The zero-order chi connectivity index (χ0) is 18.4. The first-order chi connectivity index (χ1) is 13.2. The number of nitrogens with zero attached hydrogens (tertiary/aromatic N) is 4. The standard InChI is InChI=1S/C16H14N6O3S2/c23-14(10-7-22(21-20-10)6-8-5-17-16(24)25-8)19-15-18-13-9-3-4-26-11(9)1-2-12(13)27-15/h3-4,7-8H,1-2,5-6H2,(H,17,24)(H,18,19,23). The molecule has 0 aromatic carbocycles. The van der Waals surface area contributed by atoms with Crippen molar-refractivity contribution in [2.45, 2.75) is 25.5 Å². The third kappa shape index (κ3) is 3.08. The van der Waals surface area contributed by atoms with Crippen LogP contribution in [-0.4, -0.2) is 44.6 Å². The average Bonchev–Trinajstić information content (AvgIpc) is 3.40. The quantitative estimate of drug-likeness (QED) is 0.690. The molecule has 9 nitrogen and oxygen atoms in total. The Balaban J connectivity index is 1.28. The van der Waals surface area contributed by atoms with E-state index < -0.39 is 6.09 Å². The van der Waals surface area contributed by atoms with Crippen LogP contribution in [0.2, 0.25) is 0 Å². The summed E-state index contributed by atoms with van der Waals surface area (Å²) in [7, 11) is 0. The van der Waals surface area contributed by atoms with Crippen LogP contribution in [0.15, 0.2) is 17.6 Å². The van der Waals surface area contributed by atoms with Crippen LogP contribution < -0.4 is 10.6 Å². The highest BCUT2D eigenvalue weighted by Crippen LogP contribution is 2.40. The summed E-state index contributed by atoms with van der Waals surface area (Å²) in [4.78, 5) is 30.7. The highest BCUT2D eigenvalue weighted by atomic mass is 32.1. The Kier molecular flexibility index (Phi) is 3.90. The molecule has 0 spiro atoms. The number of ether oxygens (including phenoxy) is 1. The van der Waals surface area contributed by atoms with Crippen LogP contribution in [0.5, 0.6) is 0 Å². The summed E-state index contributed by atoms with van der Waals surface area (Å²) in [5.41, 5.74) is 2.33. The lowest BCUT2D eigenvalue weighted by molar-refractivity contribution is 0.102. The number of aryl methyl sites for hydroxylation is 2. The summed E-state index contributed by atoms with van der Waals surface area (Å²) in [5, 5.41) is 15.9. The molecule has 2 N–H and O–H groups in total. The van der Waals surface area contributed by atoms with Crippen molar-refractivity contribution in [3.05, 3.63) is 33.1 Å². The third-order valence-electron chi connectivity index (χ3n) is 4.41. The fourth-order valence-electron chi connectivity index (χ4n) is 3.15. The number of thiazole rings is 1. The fraction of sp³-hybridized carbons (Fsp3) is 0.312. The van der Waals surface area contributed by atoms with Gasteiger partial charge in [0, 0.05) is 15.3 Å². The maximum Gasteiger partial charge on any atom is 0.407 e. The van der Waals surface area contributed by atoms with Gasteiger partial charge in [0.05, 0.1) is 25.0 Å². The van der Waals surface area contributed by atoms with Crippen LogP contribution in [0.3, 0.4) is 0 Å². The number of amides is 2. The summed E-state index contributed by atoms with van der Waals surface area (Å²) >= 11 is 3.24. The lowest BCUT2D eigenvalue weighted by Crippen LogP contribution is -2.21. The SMILES string of the molecule is O=C1NCC(Cn2cc(C(=O)Nc3nc4c(s3)CCc3sccc3-4)nn2)O1. The molecule has 1 atom stereocenters. The van der Waals surface area contributed by atoms with Crippen molar-refractivity contribution in [2.24, 2.45) is 0 Å². The number of aromatic nitrogens is 4. The first-order valence-corrected chi connectivity index (χ1v) is 10.1. The number of cyclic esters (lactones) is 1. The molecule has 0 radical (unpaired) electrons. The second kappa shape index (κ2) is 6.43. The van der Waals surface area contributed by atoms with Crippen LogP contribution in [0.25, 0.3) is 11.3 Å². The van der Waals surface area contributed by atoms with Crippen LogP contribution in [0.1, 0.15) is 20.2 Å². The molecular formula is C16H14N6O3S2. The van der Waals surface area contributed by atoms with Crippen LogP contribution in [0.4, 0.5) is 9.93 Å². The van der Waals surface area contributed by atoms with Crippen molar-refractivity contribution in [3.8, 4) is 11.3 Å². The fourth-order valence-corrected chi connectivity index (χ4v) is 5.00. The molecule has 4 heterocycles. The van der Waals surface area contributed by atoms with Gasteiger partial charge in [-0.15, -0.1) is 27.8 Å². The predicted octanol–water partition coefficient (Wildman–Crippen LogP) is 1.92. The number of fused-ring (bicyclic) bond motifs is 3. The molecule has 0 saturated carbocycles. The number of carbonyl (C=O) groups is 2. The largest absolute Gasteiger partial charge is 0.442 e. The average molecular weight is 402 g/mol. The number of anilines is 1. The molecule has 27 heavy (non-hydrogen) atoms. The van der Waals surface area contributed by atoms with Gasteiger partial charge in [-0.1, -0.05) is 5.21 Å². The maximum absolute atomic E-state index is 12.5. The topological polar surface area (TPSA) is 111 Å². The van der Waals surface area contributed by atoms with Gasteiger partial charge in [-0.25, -0.2) is 14.5 Å². The summed E-state index contributed by atoms with van der Waals surface area (Å²) in [6, 6.07) is 2.08. The molecule has 1 unspecified atom stereocenters. The molecule has 1 fully saturated rings. The molecule has 3 aromatic rings. The second-order valence-corrected chi connectivity index (χ2v) is 8.32.